The SMILES string of the molecule is COc1cc(NC(=O)[C@@H]2CCCN2C(=O)C2CC2)ccc1NC(C)=O. The van der Waals surface area contributed by atoms with Gasteiger partial charge in [0, 0.05) is 31.1 Å². The van der Waals surface area contributed by atoms with E-state index in [1.807, 2.05) is 0 Å². The van der Waals surface area contributed by atoms with Crippen LogP contribution >= 0.6 is 0 Å². The van der Waals surface area contributed by atoms with E-state index in [2.05, 4.69) is 10.6 Å². The summed E-state index contributed by atoms with van der Waals surface area (Å²) in [6.07, 6.45) is 3.41. The fourth-order valence-corrected chi connectivity index (χ4v) is 3.16. The second-order valence-electron chi connectivity index (χ2n) is 6.55. The van der Waals surface area contributed by atoms with E-state index in [4.69, 9.17) is 4.74 Å². The van der Waals surface area contributed by atoms with Gasteiger partial charge < -0.3 is 20.3 Å². The van der Waals surface area contributed by atoms with Crippen molar-refractivity contribution in [2.45, 2.75) is 38.6 Å². The van der Waals surface area contributed by atoms with Gasteiger partial charge in [0.05, 0.1) is 12.8 Å². The topological polar surface area (TPSA) is 87.7 Å². The summed E-state index contributed by atoms with van der Waals surface area (Å²) in [5.41, 5.74) is 1.11. The van der Waals surface area contributed by atoms with Gasteiger partial charge in [-0.1, -0.05) is 0 Å². The number of anilines is 2. The summed E-state index contributed by atoms with van der Waals surface area (Å²) in [4.78, 5) is 37.9. The molecule has 3 rings (SSSR count). The summed E-state index contributed by atoms with van der Waals surface area (Å²) >= 11 is 0. The summed E-state index contributed by atoms with van der Waals surface area (Å²) < 4.78 is 5.26. The molecule has 1 saturated carbocycles. The Kier molecular flexibility index (Phi) is 4.92. The zero-order valence-electron chi connectivity index (χ0n) is 14.5. The quantitative estimate of drug-likeness (QED) is 0.854. The van der Waals surface area contributed by atoms with Crippen molar-refractivity contribution >= 4 is 29.1 Å². The van der Waals surface area contributed by atoms with Crippen molar-refractivity contribution in [3.05, 3.63) is 18.2 Å². The molecule has 7 nitrogen and oxygen atoms in total. The molecule has 1 aliphatic heterocycles. The molecule has 0 radical (unpaired) electrons. The average Bonchev–Trinajstić information content (AvgIpc) is 3.31. The fourth-order valence-electron chi connectivity index (χ4n) is 3.16. The number of methoxy groups -OCH3 is 1. The molecule has 2 N–H and O–H groups in total. The molecule has 3 amide bonds. The lowest BCUT2D eigenvalue weighted by atomic mass is 10.2. The Balaban J connectivity index is 1.69. The maximum Gasteiger partial charge on any atom is 0.247 e. The summed E-state index contributed by atoms with van der Waals surface area (Å²) in [6.45, 7) is 2.07. The zero-order valence-corrected chi connectivity index (χ0v) is 14.5. The minimum atomic E-state index is -0.408. The molecule has 1 aliphatic carbocycles. The zero-order chi connectivity index (χ0) is 18.0. The number of hydrogen-bond donors (Lipinski definition) is 2. The number of nitrogens with zero attached hydrogens (tertiary/aromatic N) is 1. The van der Waals surface area contributed by atoms with Gasteiger partial charge in [-0.05, 0) is 37.8 Å². The third-order valence-electron chi connectivity index (χ3n) is 4.54. The van der Waals surface area contributed by atoms with Crippen LogP contribution in [0.25, 0.3) is 0 Å². The Hall–Kier alpha value is -2.57. The molecule has 2 aliphatic rings. The van der Waals surface area contributed by atoms with Crippen molar-refractivity contribution in [2.24, 2.45) is 5.92 Å². The van der Waals surface area contributed by atoms with E-state index in [0.29, 0.717) is 30.1 Å². The number of carbonyl (C=O) groups excluding carboxylic acids is 3. The first kappa shape index (κ1) is 17.3. The summed E-state index contributed by atoms with van der Waals surface area (Å²) in [6, 6.07) is 4.63. The minimum absolute atomic E-state index is 0.108. The van der Waals surface area contributed by atoms with Gasteiger partial charge in [-0.2, -0.15) is 0 Å². The van der Waals surface area contributed by atoms with Gasteiger partial charge >= 0.3 is 0 Å². The third-order valence-corrected chi connectivity index (χ3v) is 4.54. The largest absolute Gasteiger partial charge is 0.494 e. The molecular formula is C18H23N3O4. The highest BCUT2D eigenvalue weighted by molar-refractivity contribution is 5.99. The molecule has 0 spiro atoms. The molecule has 1 atom stereocenters. The van der Waals surface area contributed by atoms with Gasteiger partial charge in [0.25, 0.3) is 0 Å². The van der Waals surface area contributed by atoms with E-state index < -0.39 is 6.04 Å². The van der Waals surface area contributed by atoms with Crippen LogP contribution in [-0.4, -0.2) is 42.3 Å². The number of likely N-dealkylation sites (tertiary alicyclic amines) is 1. The first-order valence-corrected chi connectivity index (χ1v) is 8.56. The molecule has 0 bridgehead atoms. The number of carbonyl (C=O) groups is 3. The van der Waals surface area contributed by atoms with E-state index in [1.165, 1.54) is 14.0 Å². The van der Waals surface area contributed by atoms with Gasteiger partial charge in [-0.3, -0.25) is 14.4 Å². The van der Waals surface area contributed by atoms with E-state index in [-0.39, 0.29) is 23.6 Å². The second kappa shape index (κ2) is 7.13. The van der Waals surface area contributed by atoms with E-state index in [9.17, 15) is 14.4 Å². The number of hydrogen-bond acceptors (Lipinski definition) is 4. The first-order chi connectivity index (χ1) is 12.0. The molecule has 1 saturated heterocycles. The Morgan fingerprint density at radius 1 is 1.16 bits per heavy atom. The van der Waals surface area contributed by atoms with Crippen molar-refractivity contribution < 1.29 is 19.1 Å². The molecule has 1 heterocycles. The average molecular weight is 345 g/mol. The van der Waals surface area contributed by atoms with Gasteiger partial charge in [0.1, 0.15) is 11.8 Å². The summed E-state index contributed by atoms with van der Waals surface area (Å²) in [7, 11) is 1.50. The van der Waals surface area contributed by atoms with Crippen LogP contribution in [0.2, 0.25) is 0 Å². The maximum absolute atomic E-state index is 12.6. The summed E-state index contributed by atoms with van der Waals surface area (Å²) in [5, 5.41) is 5.53. The Bertz CT molecular complexity index is 700. The molecule has 25 heavy (non-hydrogen) atoms. The molecular weight excluding hydrogens is 322 g/mol. The van der Waals surface area contributed by atoms with Crippen LogP contribution in [-0.2, 0) is 14.4 Å². The smallest absolute Gasteiger partial charge is 0.247 e. The van der Waals surface area contributed by atoms with E-state index in [0.717, 1.165) is 19.3 Å². The highest BCUT2D eigenvalue weighted by Gasteiger charge is 2.40. The monoisotopic (exact) mass is 345 g/mol. The number of ether oxygens (including phenoxy) is 1. The fraction of sp³-hybridized carbons (Fsp3) is 0.500. The van der Waals surface area contributed by atoms with Gasteiger partial charge in [0.15, 0.2) is 0 Å². The summed E-state index contributed by atoms with van der Waals surface area (Å²) in [5.74, 6) is 0.308. The highest BCUT2D eigenvalue weighted by atomic mass is 16.5. The first-order valence-electron chi connectivity index (χ1n) is 8.56. The second-order valence-corrected chi connectivity index (χ2v) is 6.55. The van der Waals surface area contributed by atoms with Crippen molar-refractivity contribution in [3.63, 3.8) is 0 Å². The Labute approximate surface area is 146 Å². The molecule has 0 unspecified atom stereocenters. The van der Waals surface area contributed by atoms with Crippen LogP contribution in [0, 0.1) is 5.92 Å². The van der Waals surface area contributed by atoms with Crippen molar-refractivity contribution in [1.29, 1.82) is 0 Å². The molecule has 0 aromatic heterocycles. The lowest BCUT2D eigenvalue weighted by Gasteiger charge is -2.24. The van der Waals surface area contributed by atoms with Crippen LogP contribution in [0.4, 0.5) is 11.4 Å². The third kappa shape index (κ3) is 3.92. The standard InChI is InChI=1S/C18H23N3O4/c1-11(22)19-14-8-7-13(10-16(14)25-2)20-17(23)15-4-3-9-21(15)18(24)12-5-6-12/h7-8,10,12,15H,3-6,9H2,1-2H3,(H,19,22)(H,20,23)/t15-/m0/s1. The maximum atomic E-state index is 12.6. The number of amides is 3. The molecule has 1 aromatic rings. The lowest BCUT2D eigenvalue weighted by molar-refractivity contribution is -0.137. The van der Waals surface area contributed by atoms with Crippen LogP contribution in [0.15, 0.2) is 18.2 Å². The van der Waals surface area contributed by atoms with E-state index >= 15 is 0 Å². The Morgan fingerprint density at radius 3 is 2.56 bits per heavy atom. The van der Waals surface area contributed by atoms with E-state index in [1.54, 1.807) is 23.1 Å². The van der Waals surface area contributed by atoms with Crippen molar-refractivity contribution in [3.8, 4) is 5.75 Å². The lowest BCUT2D eigenvalue weighted by Crippen LogP contribution is -2.43. The number of benzene rings is 1. The van der Waals surface area contributed by atoms with Crippen LogP contribution in [0.5, 0.6) is 5.75 Å². The molecule has 2 fully saturated rings. The predicted octanol–water partition coefficient (Wildman–Crippen LogP) is 1.99. The minimum Gasteiger partial charge on any atom is -0.494 e. The highest BCUT2D eigenvalue weighted by Crippen LogP contribution is 2.34. The van der Waals surface area contributed by atoms with Crippen molar-refractivity contribution in [1.82, 2.24) is 4.90 Å². The molecule has 1 aromatic carbocycles. The van der Waals surface area contributed by atoms with Crippen LogP contribution < -0.4 is 15.4 Å². The molecule has 7 heteroatoms. The predicted molar refractivity (Wildman–Crippen MR) is 93.4 cm³/mol. The van der Waals surface area contributed by atoms with Gasteiger partial charge in [-0.15, -0.1) is 0 Å². The van der Waals surface area contributed by atoms with Crippen LogP contribution in [0.3, 0.4) is 0 Å². The number of nitrogens with one attached hydrogen (secondary N) is 2. The molecule has 134 valence electrons. The van der Waals surface area contributed by atoms with Gasteiger partial charge in [0.2, 0.25) is 17.7 Å². The Morgan fingerprint density at radius 2 is 1.92 bits per heavy atom. The van der Waals surface area contributed by atoms with Crippen molar-refractivity contribution in [2.75, 3.05) is 24.3 Å². The van der Waals surface area contributed by atoms with Gasteiger partial charge in [-0.25, -0.2) is 0 Å². The normalized spacial score (nSPS) is 19.4. The number of rotatable bonds is 5. The van der Waals surface area contributed by atoms with Crippen LogP contribution in [0.1, 0.15) is 32.6 Å².